The Hall–Kier alpha value is -1.93. The number of carbonyl (C=O) groups is 1. The van der Waals surface area contributed by atoms with Crippen LogP contribution in [0.3, 0.4) is 0 Å². The number of nitrogens with zero attached hydrogens (tertiary/aromatic N) is 1. The first-order chi connectivity index (χ1) is 11.0. The van der Waals surface area contributed by atoms with Crippen LogP contribution < -0.4 is 0 Å². The Balaban J connectivity index is 2.60. The Bertz CT molecular complexity index is 621. The number of carbonyl (C=O) groups excluding carboxylic acids is 1. The van der Waals surface area contributed by atoms with Crippen LogP contribution >= 0.6 is 0 Å². The summed E-state index contributed by atoms with van der Waals surface area (Å²) in [5.74, 6) is 0.125. The van der Waals surface area contributed by atoms with Crippen molar-refractivity contribution in [3.8, 4) is 0 Å². The number of hydrogen-bond donors (Lipinski definition) is 0. The fourth-order valence-electron chi connectivity index (χ4n) is 3.32. The van der Waals surface area contributed by atoms with Crippen LogP contribution in [0.15, 0.2) is 60.7 Å². The quantitative estimate of drug-likeness (QED) is 0.744. The molecule has 2 aromatic rings. The maximum Gasteiger partial charge on any atom is 0.142 e. The highest BCUT2D eigenvalue weighted by atomic mass is 16.1. The molecule has 0 heterocycles. The molecule has 0 aliphatic heterocycles. The first-order valence-corrected chi connectivity index (χ1v) is 8.32. The van der Waals surface area contributed by atoms with E-state index < -0.39 is 0 Å². The first kappa shape index (κ1) is 17.4. The zero-order valence-corrected chi connectivity index (χ0v) is 14.6. The molecule has 2 atom stereocenters. The van der Waals surface area contributed by atoms with Gasteiger partial charge in [-0.2, -0.15) is 0 Å². The summed E-state index contributed by atoms with van der Waals surface area (Å²) in [6, 6.07) is 20.5. The van der Waals surface area contributed by atoms with Gasteiger partial charge in [0.25, 0.3) is 0 Å². The highest BCUT2D eigenvalue weighted by Gasteiger charge is 2.42. The Morgan fingerprint density at radius 3 is 2.00 bits per heavy atom. The maximum atomic E-state index is 13.0. The van der Waals surface area contributed by atoms with Gasteiger partial charge in [0, 0.05) is 6.42 Å². The molecule has 0 saturated carbocycles. The molecule has 0 fully saturated rings. The zero-order chi connectivity index (χ0) is 16.9. The molecule has 0 aliphatic carbocycles. The summed E-state index contributed by atoms with van der Waals surface area (Å²) < 4.78 is 0. The van der Waals surface area contributed by atoms with Crippen LogP contribution in [0.25, 0.3) is 0 Å². The SMILES string of the molecule is CCCC(=O)C(c1ccccc1)C(C)(c1ccccc1)N(C)C. The van der Waals surface area contributed by atoms with Gasteiger partial charge in [-0.05, 0) is 38.6 Å². The fourth-order valence-corrected chi connectivity index (χ4v) is 3.32. The van der Waals surface area contributed by atoms with Crippen molar-refractivity contribution in [3.05, 3.63) is 71.8 Å². The summed E-state index contributed by atoms with van der Waals surface area (Å²) in [6.07, 6.45) is 1.48. The van der Waals surface area contributed by atoms with Crippen molar-refractivity contribution in [1.29, 1.82) is 0 Å². The molecule has 0 aromatic heterocycles. The third kappa shape index (κ3) is 3.53. The monoisotopic (exact) mass is 309 g/mol. The number of likely N-dealkylation sites (N-methyl/N-ethyl adjacent to an activating group) is 1. The van der Waals surface area contributed by atoms with Crippen LogP contribution in [-0.4, -0.2) is 24.8 Å². The van der Waals surface area contributed by atoms with Crippen LogP contribution in [0, 0.1) is 0 Å². The second-order valence-corrected chi connectivity index (χ2v) is 6.47. The zero-order valence-electron chi connectivity index (χ0n) is 14.6. The van der Waals surface area contributed by atoms with Crippen molar-refractivity contribution >= 4 is 5.78 Å². The minimum Gasteiger partial charge on any atom is -0.299 e. The number of Topliss-reactive ketones (excluding diaryl/α,β-unsaturated/α-hetero) is 1. The largest absolute Gasteiger partial charge is 0.299 e. The summed E-state index contributed by atoms with van der Waals surface area (Å²) in [6.45, 7) is 4.24. The van der Waals surface area contributed by atoms with E-state index >= 15 is 0 Å². The van der Waals surface area contributed by atoms with Crippen molar-refractivity contribution < 1.29 is 4.79 Å². The molecule has 2 rings (SSSR count). The van der Waals surface area contributed by atoms with Gasteiger partial charge in [0.15, 0.2) is 0 Å². The second kappa shape index (κ2) is 7.56. The van der Waals surface area contributed by atoms with E-state index in [-0.39, 0.29) is 11.5 Å². The van der Waals surface area contributed by atoms with Crippen molar-refractivity contribution in [2.24, 2.45) is 0 Å². The molecule has 2 nitrogen and oxygen atoms in total. The summed E-state index contributed by atoms with van der Waals surface area (Å²) in [7, 11) is 4.12. The van der Waals surface area contributed by atoms with E-state index in [9.17, 15) is 4.79 Å². The van der Waals surface area contributed by atoms with Crippen molar-refractivity contribution in [2.75, 3.05) is 14.1 Å². The lowest BCUT2D eigenvalue weighted by Crippen LogP contribution is -2.46. The van der Waals surface area contributed by atoms with Crippen molar-refractivity contribution in [1.82, 2.24) is 4.90 Å². The topological polar surface area (TPSA) is 20.3 Å². The molecule has 0 aliphatic rings. The number of rotatable bonds is 7. The fraction of sp³-hybridized carbons (Fsp3) is 0.381. The molecule has 0 radical (unpaired) electrons. The third-order valence-corrected chi connectivity index (χ3v) is 4.80. The van der Waals surface area contributed by atoms with Gasteiger partial charge in [0.1, 0.15) is 5.78 Å². The number of ketones is 1. The number of benzene rings is 2. The Morgan fingerprint density at radius 1 is 1.00 bits per heavy atom. The summed E-state index contributed by atoms with van der Waals surface area (Å²) >= 11 is 0. The second-order valence-electron chi connectivity index (χ2n) is 6.47. The Labute approximate surface area is 140 Å². The van der Waals surface area contributed by atoms with Crippen LogP contribution in [0.1, 0.15) is 43.7 Å². The predicted molar refractivity (Wildman–Crippen MR) is 96.6 cm³/mol. The lowest BCUT2D eigenvalue weighted by Gasteiger charge is -2.43. The maximum absolute atomic E-state index is 13.0. The van der Waals surface area contributed by atoms with E-state index in [0.717, 1.165) is 12.0 Å². The van der Waals surface area contributed by atoms with Gasteiger partial charge in [-0.25, -0.2) is 0 Å². The van der Waals surface area contributed by atoms with E-state index in [1.54, 1.807) is 0 Å². The lowest BCUT2D eigenvalue weighted by atomic mass is 9.72. The van der Waals surface area contributed by atoms with Gasteiger partial charge in [-0.1, -0.05) is 67.6 Å². The average Bonchev–Trinajstić information content (AvgIpc) is 2.56. The molecule has 23 heavy (non-hydrogen) atoms. The van der Waals surface area contributed by atoms with Gasteiger partial charge in [0.2, 0.25) is 0 Å². The van der Waals surface area contributed by atoms with Crippen molar-refractivity contribution in [2.45, 2.75) is 38.1 Å². The van der Waals surface area contributed by atoms with E-state index in [1.165, 1.54) is 5.56 Å². The molecular formula is C21H27NO. The lowest BCUT2D eigenvalue weighted by molar-refractivity contribution is -0.124. The standard InChI is InChI=1S/C21H27NO/c1-5-12-19(23)20(17-13-8-6-9-14-17)21(2,22(3)4)18-15-10-7-11-16-18/h6-11,13-16,20H,5,12H2,1-4H3. The van der Waals surface area contributed by atoms with Gasteiger partial charge < -0.3 is 0 Å². The average molecular weight is 309 g/mol. The molecule has 2 aromatic carbocycles. The van der Waals surface area contributed by atoms with Crippen LogP contribution in [0.5, 0.6) is 0 Å². The summed E-state index contributed by atoms with van der Waals surface area (Å²) in [4.78, 5) is 15.2. The van der Waals surface area contributed by atoms with Gasteiger partial charge in [-0.3, -0.25) is 9.69 Å². The molecule has 2 unspecified atom stereocenters. The van der Waals surface area contributed by atoms with E-state index in [2.05, 4.69) is 57.1 Å². The normalized spacial score (nSPS) is 15.2. The molecule has 122 valence electrons. The molecule has 0 N–H and O–H groups in total. The minimum absolute atomic E-state index is 0.180. The first-order valence-electron chi connectivity index (χ1n) is 8.32. The summed E-state index contributed by atoms with van der Waals surface area (Å²) in [5.41, 5.74) is 1.88. The van der Waals surface area contributed by atoms with E-state index in [0.29, 0.717) is 12.2 Å². The molecule has 2 heteroatoms. The smallest absolute Gasteiger partial charge is 0.142 e. The Morgan fingerprint density at radius 2 is 1.52 bits per heavy atom. The highest BCUT2D eigenvalue weighted by molar-refractivity contribution is 5.87. The number of hydrogen-bond acceptors (Lipinski definition) is 2. The molecule has 0 spiro atoms. The van der Waals surface area contributed by atoms with Crippen molar-refractivity contribution in [3.63, 3.8) is 0 Å². The van der Waals surface area contributed by atoms with Gasteiger partial charge in [0.05, 0.1) is 11.5 Å². The highest BCUT2D eigenvalue weighted by Crippen LogP contribution is 2.42. The van der Waals surface area contributed by atoms with E-state index in [4.69, 9.17) is 0 Å². The predicted octanol–water partition coefficient (Wildman–Crippen LogP) is 4.62. The van der Waals surface area contributed by atoms with E-state index in [1.807, 2.05) is 36.4 Å². The molecular weight excluding hydrogens is 282 g/mol. The third-order valence-electron chi connectivity index (χ3n) is 4.80. The Kier molecular flexibility index (Phi) is 5.73. The summed E-state index contributed by atoms with van der Waals surface area (Å²) in [5, 5.41) is 0. The van der Waals surface area contributed by atoms with Gasteiger partial charge in [-0.15, -0.1) is 0 Å². The molecule has 0 amide bonds. The molecule has 0 saturated heterocycles. The molecule has 0 bridgehead atoms. The van der Waals surface area contributed by atoms with Crippen LogP contribution in [0.2, 0.25) is 0 Å². The minimum atomic E-state index is -0.380. The van der Waals surface area contributed by atoms with Gasteiger partial charge >= 0.3 is 0 Å². The van der Waals surface area contributed by atoms with Crippen LogP contribution in [-0.2, 0) is 10.3 Å². The van der Waals surface area contributed by atoms with Crippen LogP contribution in [0.4, 0.5) is 0 Å².